The van der Waals surface area contributed by atoms with E-state index in [9.17, 15) is 12.8 Å². The molecule has 0 atom stereocenters. The summed E-state index contributed by atoms with van der Waals surface area (Å²) in [6.07, 6.45) is 0.561. The van der Waals surface area contributed by atoms with Gasteiger partial charge >= 0.3 is 0 Å². The summed E-state index contributed by atoms with van der Waals surface area (Å²) in [5.41, 5.74) is 7.45. The first-order valence-electron chi connectivity index (χ1n) is 5.96. The molecule has 4 nitrogen and oxygen atoms in total. The van der Waals surface area contributed by atoms with Gasteiger partial charge in [0.2, 0.25) is 10.0 Å². The van der Waals surface area contributed by atoms with Crippen LogP contribution in [0, 0.1) is 12.7 Å². The van der Waals surface area contributed by atoms with Crippen LogP contribution in [0.15, 0.2) is 33.9 Å². The van der Waals surface area contributed by atoms with Crippen LogP contribution in [-0.2, 0) is 16.4 Å². The number of halogens is 1. The van der Waals surface area contributed by atoms with Crippen molar-refractivity contribution < 1.29 is 12.8 Å². The molecule has 0 radical (unpaired) electrons. The van der Waals surface area contributed by atoms with Crippen LogP contribution >= 0.6 is 11.3 Å². The number of thiophene rings is 1. The number of sulfonamides is 1. The molecule has 20 heavy (non-hydrogen) atoms. The van der Waals surface area contributed by atoms with Crippen molar-refractivity contribution in [3.63, 3.8) is 0 Å². The molecule has 0 aliphatic rings. The van der Waals surface area contributed by atoms with Crippen molar-refractivity contribution in [3.8, 4) is 0 Å². The molecular formula is C13H15FN2O2S2. The summed E-state index contributed by atoms with van der Waals surface area (Å²) in [6.45, 7) is 1.84. The molecule has 0 fully saturated rings. The van der Waals surface area contributed by atoms with Gasteiger partial charge in [-0.1, -0.05) is 0 Å². The largest absolute Gasteiger partial charge is 0.398 e. The average molecular weight is 314 g/mol. The third-order valence-corrected chi connectivity index (χ3v) is 5.10. The predicted octanol–water partition coefficient (Wildman–Crippen LogP) is 2.30. The molecule has 0 aliphatic heterocycles. The van der Waals surface area contributed by atoms with Crippen LogP contribution < -0.4 is 10.5 Å². The molecule has 1 heterocycles. The number of anilines is 1. The number of rotatable bonds is 5. The summed E-state index contributed by atoms with van der Waals surface area (Å²) in [5, 5.41) is 3.86. The van der Waals surface area contributed by atoms with Gasteiger partial charge in [-0.05, 0) is 53.4 Å². The standard InChI is InChI=1S/C13H15FN2O2S2/c1-9-6-11(14)13(7-12(9)15)20(17,18)16-4-2-10-3-5-19-8-10/h3,5-8,16H,2,4,15H2,1H3. The fourth-order valence-electron chi connectivity index (χ4n) is 1.72. The molecule has 0 unspecified atom stereocenters. The lowest BCUT2D eigenvalue weighted by Crippen LogP contribution is -2.27. The van der Waals surface area contributed by atoms with Crippen molar-refractivity contribution >= 4 is 27.0 Å². The second-order valence-corrected chi connectivity index (χ2v) is 6.93. The van der Waals surface area contributed by atoms with E-state index in [4.69, 9.17) is 5.73 Å². The van der Waals surface area contributed by atoms with Gasteiger partial charge in [0.05, 0.1) is 0 Å². The van der Waals surface area contributed by atoms with E-state index in [-0.39, 0.29) is 12.2 Å². The fraction of sp³-hybridized carbons (Fsp3) is 0.231. The zero-order valence-electron chi connectivity index (χ0n) is 10.9. The lowest BCUT2D eigenvalue weighted by molar-refractivity contribution is 0.557. The minimum atomic E-state index is -3.89. The Labute approximate surface area is 121 Å². The van der Waals surface area contributed by atoms with E-state index in [1.807, 2.05) is 16.8 Å². The molecule has 7 heteroatoms. The number of hydrogen-bond acceptors (Lipinski definition) is 4. The molecule has 108 valence electrons. The van der Waals surface area contributed by atoms with Crippen molar-refractivity contribution in [2.75, 3.05) is 12.3 Å². The maximum atomic E-state index is 13.8. The number of nitrogens with one attached hydrogen (secondary N) is 1. The Morgan fingerprint density at radius 2 is 2.15 bits per heavy atom. The van der Waals surface area contributed by atoms with E-state index >= 15 is 0 Å². The SMILES string of the molecule is Cc1cc(F)c(S(=O)(=O)NCCc2ccsc2)cc1N. The summed E-state index contributed by atoms with van der Waals surface area (Å²) >= 11 is 1.55. The van der Waals surface area contributed by atoms with E-state index < -0.39 is 20.7 Å². The third kappa shape index (κ3) is 3.36. The lowest BCUT2D eigenvalue weighted by atomic mass is 10.2. The maximum Gasteiger partial charge on any atom is 0.243 e. The Bertz CT molecular complexity index is 697. The highest BCUT2D eigenvalue weighted by molar-refractivity contribution is 7.89. The number of hydrogen-bond donors (Lipinski definition) is 2. The normalized spacial score (nSPS) is 11.7. The zero-order valence-corrected chi connectivity index (χ0v) is 12.5. The smallest absolute Gasteiger partial charge is 0.243 e. The molecule has 1 aromatic heterocycles. The van der Waals surface area contributed by atoms with Gasteiger partial charge < -0.3 is 5.73 Å². The molecule has 2 rings (SSSR count). The highest BCUT2D eigenvalue weighted by atomic mass is 32.2. The average Bonchev–Trinajstić information content (AvgIpc) is 2.86. The molecule has 0 aliphatic carbocycles. The van der Waals surface area contributed by atoms with Crippen molar-refractivity contribution in [3.05, 3.63) is 45.9 Å². The highest BCUT2D eigenvalue weighted by Crippen LogP contribution is 2.21. The van der Waals surface area contributed by atoms with Crippen molar-refractivity contribution in [2.45, 2.75) is 18.2 Å². The van der Waals surface area contributed by atoms with Crippen LogP contribution in [0.4, 0.5) is 10.1 Å². The van der Waals surface area contributed by atoms with Crippen molar-refractivity contribution in [1.82, 2.24) is 4.72 Å². The van der Waals surface area contributed by atoms with Gasteiger partial charge in [-0.15, -0.1) is 0 Å². The zero-order chi connectivity index (χ0) is 14.8. The molecule has 0 bridgehead atoms. The van der Waals surface area contributed by atoms with Crippen molar-refractivity contribution in [2.24, 2.45) is 0 Å². The lowest BCUT2D eigenvalue weighted by Gasteiger charge is -2.09. The molecule has 2 aromatic rings. The second-order valence-electron chi connectivity index (χ2n) is 4.42. The van der Waals surface area contributed by atoms with Gasteiger partial charge in [-0.25, -0.2) is 17.5 Å². The van der Waals surface area contributed by atoms with E-state index in [0.717, 1.165) is 17.7 Å². The Hall–Kier alpha value is -1.44. The van der Waals surface area contributed by atoms with E-state index in [2.05, 4.69) is 4.72 Å². The van der Waals surface area contributed by atoms with Gasteiger partial charge in [0, 0.05) is 12.2 Å². The minimum absolute atomic E-state index is 0.215. The summed E-state index contributed by atoms with van der Waals surface area (Å²) < 4.78 is 40.2. The van der Waals surface area contributed by atoms with Gasteiger partial charge in [0.25, 0.3) is 0 Å². The quantitative estimate of drug-likeness (QED) is 0.832. The number of nitrogens with two attached hydrogens (primary N) is 1. The van der Waals surface area contributed by atoms with E-state index in [0.29, 0.717) is 12.0 Å². The predicted molar refractivity (Wildman–Crippen MR) is 78.8 cm³/mol. The summed E-state index contributed by atoms with van der Waals surface area (Å²) in [5.74, 6) is -0.792. The van der Waals surface area contributed by atoms with Crippen LogP contribution in [0.25, 0.3) is 0 Å². The van der Waals surface area contributed by atoms with Crippen LogP contribution in [-0.4, -0.2) is 15.0 Å². The van der Waals surface area contributed by atoms with Gasteiger partial charge in [-0.3, -0.25) is 0 Å². The summed E-state index contributed by atoms with van der Waals surface area (Å²) in [6, 6.07) is 4.20. The molecule has 0 amide bonds. The molecule has 0 spiro atoms. The number of nitrogen functional groups attached to an aromatic ring is 1. The second kappa shape index (κ2) is 5.90. The van der Waals surface area contributed by atoms with Crippen LogP contribution in [0.2, 0.25) is 0 Å². The Morgan fingerprint density at radius 3 is 2.80 bits per heavy atom. The first-order valence-corrected chi connectivity index (χ1v) is 8.39. The Kier molecular flexibility index (Phi) is 4.42. The first-order chi connectivity index (χ1) is 9.40. The minimum Gasteiger partial charge on any atom is -0.398 e. The fourth-order valence-corrected chi connectivity index (χ4v) is 3.54. The van der Waals surface area contributed by atoms with Gasteiger partial charge in [0.1, 0.15) is 10.7 Å². The van der Waals surface area contributed by atoms with Crippen LogP contribution in [0.5, 0.6) is 0 Å². The first kappa shape index (κ1) is 15.0. The monoisotopic (exact) mass is 314 g/mol. The molecular weight excluding hydrogens is 299 g/mol. The third-order valence-electron chi connectivity index (χ3n) is 2.90. The number of aryl methyl sites for hydroxylation is 1. The van der Waals surface area contributed by atoms with E-state index in [1.165, 1.54) is 0 Å². The Balaban J connectivity index is 2.12. The van der Waals surface area contributed by atoms with Gasteiger partial charge in [0.15, 0.2) is 0 Å². The van der Waals surface area contributed by atoms with Crippen molar-refractivity contribution in [1.29, 1.82) is 0 Å². The maximum absolute atomic E-state index is 13.8. The summed E-state index contributed by atoms with van der Waals surface area (Å²) in [4.78, 5) is -0.411. The van der Waals surface area contributed by atoms with E-state index in [1.54, 1.807) is 18.3 Å². The molecule has 0 saturated heterocycles. The molecule has 1 aromatic carbocycles. The topological polar surface area (TPSA) is 72.2 Å². The Morgan fingerprint density at radius 1 is 1.40 bits per heavy atom. The summed E-state index contributed by atoms with van der Waals surface area (Å²) in [7, 11) is -3.89. The van der Waals surface area contributed by atoms with Gasteiger partial charge in [-0.2, -0.15) is 11.3 Å². The molecule has 3 N–H and O–H groups in total. The molecule has 0 saturated carbocycles. The highest BCUT2D eigenvalue weighted by Gasteiger charge is 2.19. The van der Waals surface area contributed by atoms with Crippen LogP contribution in [0.3, 0.4) is 0 Å². The number of benzene rings is 1. The van der Waals surface area contributed by atoms with Crippen LogP contribution in [0.1, 0.15) is 11.1 Å².